The lowest BCUT2D eigenvalue weighted by Gasteiger charge is -2.38. The van der Waals surface area contributed by atoms with Gasteiger partial charge >= 0.3 is 9.05 Å². The lowest BCUT2D eigenvalue weighted by atomic mass is 10.4. The third-order valence-corrected chi connectivity index (χ3v) is 6.64. The standard InChI is InChI=1S/C20H48N4O4Si/c1-17(13-21(5)6)25-29(26-18(2)14-22(7)8,27-19(3)15-23(9)10)28-20(4)16-24(11)12/h17-20H,13-16H2,1-12H3. The molecule has 0 fully saturated rings. The Morgan fingerprint density at radius 2 is 0.621 bits per heavy atom. The Balaban J connectivity index is 5.71. The lowest BCUT2D eigenvalue weighted by molar-refractivity contribution is -0.104. The molecule has 0 saturated heterocycles. The summed E-state index contributed by atoms with van der Waals surface area (Å²) in [5.74, 6) is 0. The van der Waals surface area contributed by atoms with E-state index in [9.17, 15) is 0 Å². The first kappa shape index (κ1) is 28.9. The molecule has 29 heavy (non-hydrogen) atoms. The third kappa shape index (κ3) is 14.5. The van der Waals surface area contributed by atoms with Crippen molar-refractivity contribution in [2.45, 2.75) is 52.1 Å². The zero-order valence-electron chi connectivity index (χ0n) is 21.1. The van der Waals surface area contributed by atoms with E-state index in [2.05, 4.69) is 19.6 Å². The van der Waals surface area contributed by atoms with Crippen molar-refractivity contribution in [2.75, 3.05) is 82.6 Å². The molecule has 0 N–H and O–H groups in total. The molecule has 0 amide bonds. The molecule has 4 unspecified atom stereocenters. The Hall–Kier alpha value is -0.103. The van der Waals surface area contributed by atoms with Crippen molar-refractivity contribution in [1.29, 1.82) is 0 Å². The molecule has 0 spiro atoms. The highest BCUT2D eigenvalue weighted by molar-refractivity contribution is 6.53. The van der Waals surface area contributed by atoms with Crippen molar-refractivity contribution in [2.24, 2.45) is 0 Å². The highest BCUT2D eigenvalue weighted by Crippen LogP contribution is 2.22. The van der Waals surface area contributed by atoms with Gasteiger partial charge in [-0.1, -0.05) is 0 Å². The van der Waals surface area contributed by atoms with Crippen molar-refractivity contribution in [3.63, 3.8) is 0 Å². The Kier molecular flexibility index (Phi) is 14.0. The number of likely N-dealkylation sites (N-methyl/N-ethyl adjacent to an activating group) is 4. The molecule has 9 heteroatoms. The molecule has 0 aromatic heterocycles. The van der Waals surface area contributed by atoms with Crippen LogP contribution in [0.1, 0.15) is 27.7 Å². The molecule has 0 heterocycles. The summed E-state index contributed by atoms with van der Waals surface area (Å²) in [5, 5.41) is 0. The van der Waals surface area contributed by atoms with Crippen LogP contribution in [0.4, 0.5) is 0 Å². The van der Waals surface area contributed by atoms with E-state index in [1.165, 1.54) is 0 Å². The van der Waals surface area contributed by atoms with Gasteiger partial charge in [0.05, 0.1) is 24.4 Å². The molecular formula is C20H48N4O4Si. The molecule has 0 aliphatic carbocycles. The van der Waals surface area contributed by atoms with Gasteiger partial charge in [-0.25, -0.2) is 0 Å². The van der Waals surface area contributed by atoms with Crippen molar-refractivity contribution in [3.8, 4) is 0 Å². The maximum absolute atomic E-state index is 6.48. The van der Waals surface area contributed by atoms with Gasteiger partial charge in [-0.3, -0.25) is 0 Å². The van der Waals surface area contributed by atoms with Gasteiger partial charge in [0.15, 0.2) is 0 Å². The summed E-state index contributed by atoms with van der Waals surface area (Å²) in [4.78, 5) is 8.39. The van der Waals surface area contributed by atoms with E-state index in [1.807, 2.05) is 84.1 Å². The van der Waals surface area contributed by atoms with Gasteiger partial charge in [0.25, 0.3) is 0 Å². The summed E-state index contributed by atoms with van der Waals surface area (Å²) in [6.07, 6.45) is -0.328. The fourth-order valence-corrected chi connectivity index (χ4v) is 5.96. The van der Waals surface area contributed by atoms with Crippen LogP contribution < -0.4 is 0 Å². The van der Waals surface area contributed by atoms with Crippen LogP contribution in [0.2, 0.25) is 0 Å². The van der Waals surface area contributed by atoms with E-state index in [0.717, 1.165) is 26.2 Å². The maximum Gasteiger partial charge on any atom is 0.680 e. The molecule has 0 aliphatic rings. The lowest BCUT2D eigenvalue weighted by Crippen LogP contribution is -2.58. The van der Waals surface area contributed by atoms with Crippen LogP contribution in [-0.2, 0) is 17.7 Å². The largest absolute Gasteiger partial charge is 0.680 e. The Morgan fingerprint density at radius 3 is 0.759 bits per heavy atom. The van der Waals surface area contributed by atoms with E-state index < -0.39 is 9.05 Å². The van der Waals surface area contributed by atoms with Crippen molar-refractivity contribution >= 4 is 9.05 Å². The molecule has 0 bridgehead atoms. The summed E-state index contributed by atoms with van der Waals surface area (Å²) >= 11 is 0. The zero-order valence-corrected chi connectivity index (χ0v) is 22.1. The molecule has 0 aromatic carbocycles. The quantitative estimate of drug-likeness (QED) is 0.336. The molecule has 0 saturated carbocycles. The highest BCUT2D eigenvalue weighted by atomic mass is 28.4. The monoisotopic (exact) mass is 436 g/mol. The van der Waals surface area contributed by atoms with E-state index >= 15 is 0 Å². The summed E-state index contributed by atoms with van der Waals surface area (Å²) in [6.45, 7) is 11.2. The molecule has 8 nitrogen and oxygen atoms in total. The number of hydrogen-bond acceptors (Lipinski definition) is 8. The van der Waals surface area contributed by atoms with E-state index in [0.29, 0.717) is 0 Å². The number of nitrogens with zero attached hydrogens (tertiary/aromatic N) is 4. The van der Waals surface area contributed by atoms with Gasteiger partial charge in [-0.15, -0.1) is 0 Å². The Bertz CT molecular complexity index is 350. The normalized spacial score (nSPS) is 19.0. The Morgan fingerprint density at radius 1 is 0.448 bits per heavy atom. The zero-order chi connectivity index (χ0) is 22.8. The van der Waals surface area contributed by atoms with Crippen LogP contribution in [0.15, 0.2) is 0 Å². The van der Waals surface area contributed by atoms with Gasteiger partial charge in [0.1, 0.15) is 0 Å². The summed E-state index contributed by atoms with van der Waals surface area (Å²) < 4.78 is 25.9. The van der Waals surface area contributed by atoms with Gasteiger partial charge in [-0.2, -0.15) is 0 Å². The van der Waals surface area contributed by atoms with Crippen molar-refractivity contribution in [3.05, 3.63) is 0 Å². The molecular weight excluding hydrogens is 388 g/mol. The molecule has 0 aromatic rings. The average Bonchev–Trinajstić information content (AvgIpc) is 2.41. The first-order valence-electron chi connectivity index (χ1n) is 10.5. The number of rotatable bonds is 16. The molecule has 0 aliphatic heterocycles. The van der Waals surface area contributed by atoms with Gasteiger partial charge in [-0.05, 0) is 84.1 Å². The fourth-order valence-electron chi connectivity index (χ4n) is 3.36. The SMILES string of the molecule is CC(CN(C)C)O[Si](OC(C)CN(C)C)(OC(C)CN(C)C)OC(C)CN(C)C. The fraction of sp³-hybridized carbons (Fsp3) is 1.00. The minimum atomic E-state index is -3.42. The second-order valence-corrected chi connectivity index (χ2v) is 11.2. The van der Waals surface area contributed by atoms with Crippen molar-refractivity contribution < 1.29 is 17.7 Å². The first-order valence-corrected chi connectivity index (χ1v) is 12.2. The predicted molar refractivity (Wildman–Crippen MR) is 122 cm³/mol. The van der Waals surface area contributed by atoms with Gasteiger partial charge < -0.3 is 37.3 Å². The molecule has 0 rings (SSSR count). The maximum atomic E-state index is 6.48. The van der Waals surface area contributed by atoms with Crippen LogP contribution in [0.5, 0.6) is 0 Å². The highest BCUT2D eigenvalue weighted by Gasteiger charge is 2.51. The van der Waals surface area contributed by atoms with Crippen LogP contribution in [-0.4, -0.2) is 136 Å². The van der Waals surface area contributed by atoms with Gasteiger partial charge in [0.2, 0.25) is 0 Å². The molecule has 0 radical (unpaired) electrons. The van der Waals surface area contributed by atoms with E-state index in [-0.39, 0.29) is 24.4 Å². The van der Waals surface area contributed by atoms with Gasteiger partial charge in [0, 0.05) is 26.2 Å². The number of hydrogen-bond donors (Lipinski definition) is 0. The van der Waals surface area contributed by atoms with Crippen LogP contribution in [0.3, 0.4) is 0 Å². The molecule has 176 valence electrons. The van der Waals surface area contributed by atoms with Crippen LogP contribution >= 0.6 is 0 Å². The minimum absolute atomic E-state index is 0.0821. The third-order valence-electron chi connectivity index (χ3n) is 3.87. The van der Waals surface area contributed by atoms with Crippen LogP contribution in [0.25, 0.3) is 0 Å². The smallest absolute Gasteiger partial charge is 0.347 e. The van der Waals surface area contributed by atoms with Crippen molar-refractivity contribution in [1.82, 2.24) is 19.6 Å². The average molecular weight is 437 g/mol. The topological polar surface area (TPSA) is 49.9 Å². The summed E-state index contributed by atoms with van der Waals surface area (Å²) in [5.41, 5.74) is 0. The Labute approximate surface area is 181 Å². The summed E-state index contributed by atoms with van der Waals surface area (Å²) in [6, 6.07) is 0. The molecule has 4 atom stereocenters. The minimum Gasteiger partial charge on any atom is -0.347 e. The van der Waals surface area contributed by atoms with E-state index in [1.54, 1.807) is 0 Å². The van der Waals surface area contributed by atoms with Crippen LogP contribution in [0, 0.1) is 0 Å². The predicted octanol–water partition coefficient (Wildman–Crippen LogP) is 1.29. The summed E-state index contributed by atoms with van der Waals surface area (Å²) in [7, 11) is 12.8. The second-order valence-electron chi connectivity index (χ2n) is 9.26. The first-order chi connectivity index (χ1) is 13.2. The second kappa shape index (κ2) is 14.1. The van der Waals surface area contributed by atoms with E-state index in [4.69, 9.17) is 17.7 Å².